The molecule has 3 aromatic rings. The molecule has 7 nitrogen and oxygen atoms in total. The van der Waals surface area contributed by atoms with Gasteiger partial charge in [-0.2, -0.15) is 0 Å². The third-order valence-electron chi connectivity index (χ3n) is 3.27. The fraction of sp³-hybridized carbons (Fsp3) is 0.0556. The summed E-state index contributed by atoms with van der Waals surface area (Å²) < 4.78 is 18.6. The van der Waals surface area contributed by atoms with Crippen LogP contribution in [0.15, 0.2) is 91.7 Å². The van der Waals surface area contributed by atoms with Gasteiger partial charge in [0.25, 0.3) is 6.23 Å². The number of ether oxygens (including phenoxy) is 1. The van der Waals surface area contributed by atoms with Crippen LogP contribution < -0.4 is 4.74 Å². The molecule has 2 atom stereocenters. The van der Waals surface area contributed by atoms with E-state index in [1.165, 1.54) is 18.6 Å². The van der Waals surface area contributed by atoms with Crippen molar-refractivity contribution in [2.75, 3.05) is 0 Å². The Labute approximate surface area is 166 Å². The lowest BCUT2D eigenvalue weighted by Crippen LogP contribution is -2.14. The highest BCUT2D eigenvalue weighted by Gasteiger charge is 2.10. The molecule has 0 saturated heterocycles. The van der Waals surface area contributed by atoms with Gasteiger partial charge in [-0.25, -0.2) is 14.2 Å². The molecule has 0 aliphatic heterocycles. The van der Waals surface area contributed by atoms with Gasteiger partial charge in [0, 0.05) is 17.3 Å². The van der Waals surface area contributed by atoms with Crippen molar-refractivity contribution in [3.05, 3.63) is 76.4 Å². The minimum atomic E-state index is -1.49. The van der Waals surface area contributed by atoms with E-state index < -0.39 is 17.0 Å². The molecule has 136 valence electrons. The molecule has 0 amide bonds. The maximum absolute atomic E-state index is 12.4. The molecule has 9 heteroatoms. The Morgan fingerprint density at radius 1 is 1.04 bits per heavy atom. The number of hydrogen-bond acceptors (Lipinski definition) is 7. The van der Waals surface area contributed by atoms with Gasteiger partial charge in [-0.1, -0.05) is 18.2 Å². The lowest BCUT2D eigenvalue weighted by molar-refractivity contribution is 0.280. The number of nitrogens with zero attached hydrogens (tertiary/aromatic N) is 4. The van der Waals surface area contributed by atoms with Crippen LogP contribution in [0.2, 0.25) is 0 Å². The van der Waals surface area contributed by atoms with Crippen molar-refractivity contribution >= 4 is 38.6 Å². The van der Waals surface area contributed by atoms with E-state index >= 15 is 0 Å². The Morgan fingerprint density at radius 2 is 1.70 bits per heavy atom. The predicted octanol–water partition coefficient (Wildman–Crippen LogP) is 4.28. The molecule has 0 aliphatic rings. The molecular weight excluding hydrogens is 432 g/mol. The van der Waals surface area contributed by atoms with Crippen LogP contribution in [0.25, 0.3) is 0 Å². The van der Waals surface area contributed by atoms with Gasteiger partial charge in [0.05, 0.1) is 16.4 Å². The highest BCUT2D eigenvalue weighted by Crippen LogP contribution is 2.19. The Balaban J connectivity index is 1.67. The second-order valence-corrected chi connectivity index (χ2v) is 7.44. The molecular formula is C18H13BrN4O3S. The van der Waals surface area contributed by atoms with Crippen LogP contribution in [0, 0.1) is 4.91 Å². The number of para-hydroxylation sites is 1. The number of aromatic nitrogens is 2. The Kier molecular flexibility index (Phi) is 6.50. The number of rotatable bonds is 7. The van der Waals surface area contributed by atoms with Crippen LogP contribution in [0.5, 0.6) is 5.75 Å². The molecule has 0 fully saturated rings. The first kappa shape index (κ1) is 19.0. The first-order chi connectivity index (χ1) is 13.2. The standard InChI is InChI=1S/C18H13BrN4O3S/c19-13-10-21-18(22-11-13)27(25)16-8-6-14(7-9-16)20-12-17(23-24)26-15-4-2-1-3-5-15/h1-12,17H. The zero-order valence-electron chi connectivity index (χ0n) is 13.8. The van der Waals surface area contributed by atoms with Crippen LogP contribution in [0.1, 0.15) is 0 Å². The SMILES string of the molecule is O=NC(C=Nc1ccc(S(=O)c2ncc(Br)cn2)cc1)Oc1ccccc1. The summed E-state index contributed by atoms with van der Waals surface area (Å²) in [6, 6.07) is 15.5. The molecule has 2 unspecified atom stereocenters. The summed E-state index contributed by atoms with van der Waals surface area (Å²) in [5, 5.41) is 3.12. The Morgan fingerprint density at radius 3 is 2.33 bits per heavy atom. The summed E-state index contributed by atoms with van der Waals surface area (Å²) in [7, 11) is -1.49. The molecule has 0 radical (unpaired) electrons. The fourth-order valence-electron chi connectivity index (χ4n) is 2.02. The molecule has 1 aromatic heterocycles. The summed E-state index contributed by atoms with van der Waals surface area (Å²) in [5.41, 5.74) is 0.567. The van der Waals surface area contributed by atoms with E-state index in [9.17, 15) is 9.12 Å². The third-order valence-corrected chi connectivity index (χ3v) is 4.92. The van der Waals surface area contributed by atoms with Crippen molar-refractivity contribution in [2.45, 2.75) is 16.3 Å². The highest BCUT2D eigenvalue weighted by molar-refractivity contribution is 9.10. The van der Waals surface area contributed by atoms with E-state index in [0.717, 1.165) is 0 Å². The van der Waals surface area contributed by atoms with E-state index in [-0.39, 0.29) is 5.16 Å². The Hall–Kier alpha value is -2.78. The molecule has 3 rings (SSSR count). The first-order valence-corrected chi connectivity index (χ1v) is 9.68. The second-order valence-electron chi connectivity index (χ2n) is 5.15. The first-order valence-electron chi connectivity index (χ1n) is 7.73. The largest absolute Gasteiger partial charge is 0.460 e. The molecule has 27 heavy (non-hydrogen) atoms. The van der Waals surface area contributed by atoms with E-state index in [0.29, 0.717) is 20.8 Å². The van der Waals surface area contributed by atoms with Crippen LogP contribution in [0.3, 0.4) is 0 Å². The topological polar surface area (TPSA) is 93.9 Å². The smallest absolute Gasteiger partial charge is 0.265 e. The van der Waals surface area contributed by atoms with E-state index in [1.54, 1.807) is 48.5 Å². The van der Waals surface area contributed by atoms with E-state index in [4.69, 9.17) is 4.74 Å². The average Bonchev–Trinajstić information content (AvgIpc) is 2.72. The van der Waals surface area contributed by atoms with Crippen LogP contribution >= 0.6 is 15.9 Å². The van der Waals surface area contributed by atoms with Crippen LogP contribution in [0.4, 0.5) is 5.69 Å². The summed E-state index contributed by atoms with van der Waals surface area (Å²) in [4.78, 5) is 23.7. The van der Waals surface area contributed by atoms with Gasteiger partial charge in [-0.05, 0) is 57.5 Å². The van der Waals surface area contributed by atoms with Crippen molar-refractivity contribution in [3.63, 3.8) is 0 Å². The molecule has 0 N–H and O–H groups in total. The summed E-state index contributed by atoms with van der Waals surface area (Å²) in [5.74, 6) is 0.522. The van der Waals surface area contributed by atoms with Gasteiger partial charge in [-0.15, -0.1) is 4.91 Å². The zero-order valence-corrected chi connectivity index (χ0v) is 16.2. The summed E-state index contributed by atoms with van der Waals surface area (Å²) >= 11 is 3.24. The number of nitroso groups, excluding NO2 is 1. The average molecular weight is 445 g/mol. The van der Waals surface area contributed by atoms with Gasteiger partial charge in [-0.3, -0.25) is 4.99 Å². The normalized spacial score (nSPS) is 13.2. The third kappa shape index (κ3) is 5.35. The van der Waals surface area contributed by atoms with Crippen molar-refractivity contribution in [2.24, 2.45) is 10.2 Å². The number of aliphatic imine (C=N–C) groups is 1. The minimum absolute atomic E-state index is 0.218. The molecule has 0 bridgehead atoms. The van der Waals surface area contributed by atoms with E-state index in [2.05, 4.69) is 36.1 Å². The quantitative estimate of drug-likeness (QED) is 0.308. The van der Waals surface area contributed by atoms with Crippen LogP contribution in [-0.4, -0.2) is 26.6 Å². The second kappa shape index (κ2) is 9.24. The summed E-state index contributed by atoms with van der Waals surface area (Å²) in [6.45, 7) is 0. The molecule has 1 heterocycles. The number of halogens is 1. The maximum Gasteiger partial charge on any atom is 0.265 e. The lowest BCUT2D eigenvalue weighted by atomic mass is 10.3. The lowest BCUT2D eigenvalue weighted by Gasteiger charge is -2.07. The van der Waals surface area contributed by atoms with Crippen molar-refractivity contribution in [1.29, 1.82) is 0 Å². The van der Waals surface area contributed by atoms with Crippen molar-refractivity contribution in [1.82, 2.24) is 9.97 Å². The van der Waals surface area contributed by atoms with Crippen LogP contribution in [-0.2, 0) is 10.8 Å². The molecule has 0 aliphatic carbocycles. The van der Waals surface area contributed by atoms with Gasteiger partial charge in [0.1, 0.15) is 16.5 Å². The number of benzene rings is 2. The van der Waals surface area contributed by atoms with Crippen molar-refractivity contribution < 1.29 is 8.95 Å². The molecule has 0 saturated carbocycles. The molecule has 0 spiro atoms. The predicted molar refractivity (Wildman–Crippen MR) is 106 cm³/mol. The maximum atomic E-state index is 12.4. The monoisotopic (exact) mass is 444 g/mol. The van der Waals surface area contributed by atoms with E-state index in [1.807, 2.05) is 6.07 Å². The fourth-order valence-corrected chi connectivity index (χ4v) is 3.12. The van der Waals surface area contributed by atoms with Gasteiger partial charge >= 0.3 is 0 Å². The minimum Gasteiger partial charge on any atom is -0.460 e. The highest BCUT2D eigenvalue weighted by atomic mass is 79.9. The van der Waals surface area contributed by atoms with Gasteiger partial charge in [0.15, 0.2) is 0 Å². The zero-order chi connectivity index (χ0) is 19.1. The summed E-state index contributed by atoms with van der Waals surface area (Å²) in [6.07, 6.45) is 3.34. The molecule has 2 aromatic carbocycles. The van der Waals surface area contributed by atoms with Gasteiger partial charge in [0.2, 0.25) is 5.16 Å². The number of hydrogen-bond donors (Lipinski definition) is 0. The Bertz CT molecular complexity index is 951. The van der Waals surface area contributed by atoms with Gasteiger partial charge < -0.3 is 4.74 Å². The van der Waals surface area contributed by atoms with Crippen molar-refractivity contribution in [3.8, 4) is 5.75 Å².